The van der Waals surface area contributed by atoms with Crippen LogP contribution in [-0.4, -0.2) is 34.8 Å². The Kier molecular flexibility index (Phi) is 5.01. The molecule has 2 amide bonds. The Hall–Kier alpha value is -2.57. The third kappa shape index (κ3) is 3.50. The first-order valence-electron chi connectivity index (χ1n) is 8.70. The van der Waals surface area contributed by atoms with E-state index in [0.717, 1.165) is 20.8 Å². The molecule has 1 aliphatic heterocycles. The lowest BCUT2D eigenvalue weighted by Gasteiger charge is -2.13. The summed E-state index contributed by atoms with van der Waals surface area (Å²) in [5, 5.41) is 2.16. The number of carbonyl (C=O) groups is 2. The molecule has 5 nitrogen and oxygen atoms in total. The second kappa shape index (κ2) is 7.58. The van der Waals surface area contributed by atoms with Gasteiger partial charge in [0.15, 0.2) is 0 Å². The number of hydrogen-bond donors (Lipinski definition) is 0. The van der Waals surface area contributed by atoms with Crippen molar-refractivity contribution in [2.24, 2.45) is 0 Å². The number of amides is 2. The molecule has 27 heavy (non-hydrogen) atoms. The van der Waals surface area contributed by atoms with Crippen LogP contribution >= 0.6 is 15.9 Å². The predicted molar refractivity (Wildman–Crippen MR) is 106 cm³/mol. The molecule has 0 saturated heterocycles. The topological polar surface area (TPSA) is 59.5 Å². The summed E-state index contributed by atoms with van der Waals surface area (Å²) in [6.45, 7) is 1.32. The van der Waals surface area contributed by atoms with E-state index in [1.807, 2.05) is 18.3 Å². The third-order valence-electron chi connectivity index (χ3n) is 4.59. The van der Waals surface area contributed by atoms with E-state index in [4.69, 9.17) is 4.74 Å². The number of halogens is 1. The molecule has 0 saturated carbocycles. The molecule has 0 spiro atoms. The first-order valence-corrected chi connectivity index (χ1v) is 9.49. The van der Waals surface area contributed by atoms with Gasteiger partial charge in [-0.05, 0) is 51.5 Å². The number of ether oxygens (including phenoxy) is 1. The van der Waals surface area contributed by atoms with Gasteiger partial charge in [0.1, 0.15) is 0 Å². The summed E-state index contributed by atoms with van der Waals surface area (Å²) in [6.07, 6.45) is 4.20. The number of aromatic nitrogens is 1. The van der Waals surface area contributed by atoms with Crippen molar-refractivity contribution in [3.63, 3.8) is 0 Å². The van der Waals surface area contributed by atoms with Crippen LogP contribution in [0.5, 0.6) is 0 Å². The molecule has 2 aromatic carbocycles. The lowest BCUT2D eigenvalue weighted by molar-refractivity contribution is 0.0619. The summed E-state index contributed by atoms with van der Waals surface area (Å²) in [5.74, 6) is -0.438. The molecule has 0 bridgehead atoms. The highest BCUT2D eigenvalue weighted by Crippen LogP contribution is 2.24. The highest BCUT2D eigenvalue weighted by molar-refractivity contribution is 9.10. The molecule has 0 atom stereocenters. The van der Waals surface area contributed by atoms with Gasteiger partial charge >= 0.3 is 0 Å². The van der Waals surface area contributed by atoms with E-state index in [1.165, 1.54) is 4.90 Å². The van der Waals surface area contributed by atoms with E-state index in [0.29, 0.717) is 37.3 Å². The van der Waals surface area contributed by atoms with Crippen LogP contribution in [0.4, 0.5) is 0 Å². The minimum Gasteiger partial charge on any atom is -0.377 e. The van der Waals surface area contributed by atoms with Gasteiger partial charge in [-0.1, -0.05) is 24.3 Å². The first kappa shape index (κ1) is 17.8. The average molecular weight is 425 g/mol. The van der Waals surface area contributed by atoms with Crippen LogP contribution in [0.15, 0.2) is 59.3 Å². The van der Waals surface area contributed by atoms with Gasteiger partial charge in [0.05, 0.1) is 17.7 Å². The number of nitrogens with zero attached hydrogens (tertiary/aromatic N) is 2. The standard InChI is InChI=1S/C21H17BrN2O3/c22-19-12-23-11-15-7-6-14(10-18(15)19)13-27-9-3-8-24-20(25)16-4-1-2-5-17(16)21(24)26/h1-2,4-7,10-12H,3,8-9,13H2. The van der Waals surface area contributed by atoms with Crippen molar-refractivity contribution in [1.29, 1.82) is 0 Å². The number of fused-ring (bicyclic) bond motifs is 2. The molecule has 4 rings (SSSR count). The number of imide groups is 1. The highest BCUT2D eigenvalue weighted by Gasteiger charge is 2.34. The van der Waals surface area contributed by atoms with Crippen LogP contribution in [-0.2, 0) is 11.3 Å². The fourth-order valence-corrected chi connectivity index (χ4v) is 3.68. The number of pyridine rings is 1. The molecule has 136 valence electrons. The highest BCUT2D eigenvalue weighted by atomic mass is 79.9. The molecular weight excluding hydrogens is 408 g/mol. The van der Waals surface area contributed by atoms with Crippen molar-refractivity contribution in [3.05, 3.63) is 76.0 Å². The van der Waals surface area contributed by atoms with E-state index >= 15 is 0 Å². The molecule has 0 unspecified atom stereocenters. The SMILES string of the molecule is O=C1c2ccccc2C(=O)N1CCCOCc1ccc2cncc(Br)c2c1. The van der Waals surface area contributed by atoms with Gasteiger partial charge in [0.25, 0.3) is 11.8 Å². The first-order chi connectivity index (χ1) is 13.1. The van der Waals surface area contributed by atoms with E-state index in [9.17, 15) is 9.59 Å². The maximum Gasteiger partial charge on any atom is 0.261 e. The lowest BCUT2D eigenvalue weighted by Crippen LogP contribution is -2.31. The van der Waals surface area contributed by atoms with E-state index in [2.05, 4.69) is 27.0 Å². The van der Waals surface area contributed by atoms with Gasteiger partial charge in [0, 0.05) is 35.4 Å². The second-order valence-corrected chi connectivity index (χ2v) is 7.24. The number of hydrogen-bond acceptors (Lipinski definition) is 4. The molecule has 3 aromatic rings. The van der Waals surface area contributed by atoms with Gasteiger partial charge in [-0.3, -0.25) is 19.5 Å². The van der Waals surface area contributed by atoms with Crippen LogP contribution in [0.25, 0.3) is 10.8 Å². The Bertz CT molecular complexity index is 1000. The Morgan fingerprint density at radius 3 is 2.48 bits per heavy atom. The average Bonchev–Trinajstić information content (AvgIpc) is 2.93. The minimum atomic E-state index is -0.219. The zero-order valence-corrected chi connectivity index (χ0v) is 16.1. The number of carbonyl (C=O) groups excluding carboxylic acids is 2. The van der Waals surface area contributed by atoms with Crippen molar-refractivity contribution in [3.8, 4) is 0 Å². The molecule has 6 heteroatoms. The van der Waals surface area contributed by atoms with Crippen LogP contribution in [0.2, 0.25) is 0 Å². The van der Waals surface area contributed by atoms with Crippen molar-refractivity contribution < 1.29 is 14.3 Å². The maximum absolute atomic E-state index is 12.3. The van der Waals surface area contributed by atoms with Crippen molar-refractivity contribution in [2.45, 2.75) is 13.0 Å². The number of benzene rings is 2. The monoisotopic (exact) mass is 424 g/mol. The van der Waals surface area contributed by atoms with E-state index < -0.39 is 0 Å². The molecule has 1 aromatic heterocycles. The minimum absolute atomic E-state index is 0.219. The summed E-state index contributed by atoms with van der Waals surface area (Å²) in [6, 6.07) is 13.0. The lowest BCUT2D eigenvalue weighted by atomic mass is 10.1. The van der Waals surface area contributed by atoms with Gasteiger partial charge in [-0.25, -0.2) is 0 Å². The van der Waals surface area contributed by atoms with Gasteiger partial charge in [-0.15, -0.1) is 0 Å². The Morgan fingerprint density at radius 1 is 1.00 bits per heavy atom. The van der Waals surface area contributed by atoms with Gasteiger partial charge in [-0.2, -0.15) is 0 Å². The maximum atomic E-state index is 12.3. The third-order valence-corrected chi connectivity index (χ3v) is 5.23. The van der Waals surface area contributed by atoms with Crippen LogP contribution in [0, 0.1) is 0 Å². The van der Waals surface area contributed by atoms with Gasteiger partial charge < -0.3 is 4.74 Å². The molecule has 1 aliphatic rings. The molecule has 0 radical (unpaired) electrons. The van der Waals surface area contributed by atoms with Crippen molar-refractivity contribution in [1.82, 2.24) is 9.88 Å². The Balaban J connectivity index is 1.30. The number of rotatable bonds is 6. The van der Waals surface area contributed by atoms with Crippen LogP contribution < -0.4 is 0 Å². The fraction of sp³-hybridized carbons (Fsp3) is 0.190. The smallest absolute Gasteiger partial charge is 0.261 e. The summed E-state index contributed by atoms with van der Waals surface area (Å²) in [4.78, 5) is 30.1. The second-order valence-electron chi connectivity index (χ2n) is 6.39. The molecule has 0 N–H and O–H groups in total. The van der Waals surface area contributed by atoms with E-state index in [-0.39, 0.29) is 11.8 Å². The van der Waals surface area contributed by atoms with Crippen molar-refractivity contribution in [2.75, 3.05) is 13.2 Å². The van der Waals surface area contributed by atoms with E-state index in [1.54, 1.807) is 30.5 Å². The van der Waals surface area contributed by atoms with Crippen molar-refractivity contribution >= 4 is 38.5 Å². The molecule has 2 heterocycles. The normalized spacial score (nSPS) is 13.4. The summed E-state index contributed by atoms with van der Waals surface area (Å²) in [7, 11) is 0. The molecular formula is C21H17BrN2O3. The Morgan fingerprint density at radius 2 is 1.74 bits per heavy atom. The predicted octanol–water partition coefficient (Wildman–Crippen LogP) is 4.20. The van der Waals surface area contributed by atoms with Crippen LogP contribution in [0.3, 0.4) is 0 Å². The Labute approximate surface area is 165 Å². The zero-order valence-electron chi connectivity index (χ0n) is 14.5. The summed E-state index contributed by atoms with van der Waals surface area (Å²) in [5.41, 5.74) is 2.04. The van der Waals surface area contributed by atoms with Crippen LogP contribution in [0.1, 0.15) is 32.7 Å². The largest absolute Gasteiger partial charge is 0.377 e. The fourth-order valence-electron chi connectivity index (χ4n) is 3.22. The quantitative estimate of drug-likeness (QED) is 0.439. The summed E-state index contributed by atoms with van der Waals surface area (Å²) >= 11 is 3.51. The molecule has 0 fully saturated rings. The zero-order chi connectivity index (χ0) is 18.8. The molecule has 0 aliphatic carbocycles. The van der Waals surface area contributed by atoms with Gasteiger partial charge in [0.2, 0.25) is 0 Å². The summed E-state index contributed by atoms with van der Waals surface area (Å²) < 4.78 is 6.69.